The van der Waals surface area contributed by atoms with Crippen molar-refractivity contribution in [2.75, 3.05) is 12.4 Å². The summed E-state index contributed by atoms with van der Waals surface area (Å²) in [6.07, 6.45) is 3.92. The third-order valence-corrected chi connectivity index (χ3v) is 3.38. The van der Waals surface area contributed by atoms with Crippen LogP contribution < -0.4 is 10.6 Å². The molecule has 2 rings (SSSR count). The number of hydrogen-bond acceptors (Lipinski definition) is 3. The Morgan fingerprint density at radius 1 is 1.38 bits per heavy atom. The van der Waals surface area contributed by atoms with Gasteiger partial charge in [0, 0.05) is 42.6 Å². The molecule has 0 unspecified atom stereocenters. The van der Waals surface area contributed by atoms with E-state index >= 15 is 0 Å². The van der Waals surface area contributed by atoms with E-state index in [2.05, 4.69) is 29.6 Å². The van der Waals surface area contributed by atoms with Crippen LogP contribution >= 0.6 is 0 Å². The molecule has 0 aliphatic carbocycles. The smallest absolute Gasteiger partial charge is 0.251 e. The maximum Gasteiger partial charge on any atom is 0.251 e. The molecule has 0 radical (unpaired) electrons. The summed E-state index contributed by atoms with van der Waals surface area (Å²) >= 11 is 0. The molecule has 5 nitrogen and oxygen atoms in total. The predicted molar refractivity (Wildman–Crippen MR) is 84.5 cm³/mol. The summed E-state index contributed by atoms with van der Waals surface area (Å²) in [6, 6.07) is 6.02. The van der Waals surface area contributed by atoms with Crippen molar-refractivity contribution in [2.45, 2.75) is 33.4 Å². The van der Waals surface area contributed by atoms with Gasteiger partial charge in [0.2, 0.25) is 0 Å². The zero-order chi connectivity index (χ0) is 15.4. The molecule has 0 atom stereocenters. The van der Waals surface area contributed by atoms with Crippen LogP contribution in [-0.2, 0) is 6.54 Å². The maximum absolute atomic E-state index is 11.6. The number of carbonyl (C=O) groups is 1. The molecule has 0 bridgehead atoms. The average Bonchev–Trinajstić information content (AvgIpc) is 2.94. The molecule has 0 spiro atoms. The Kier molecular flexibility index (Phi) is 4.62. The van der Waals surface area contributed by atoms with Crippen LogP contribution in [-0.4, -0.2) is 22.7 Å². The van der Waals surface area contributed by atoms with E-state index in [1.165, 1.54) is 0 Å². The number of nitrogens with one attached hydrogen (secondary N) is 2. The first-order valence-electron chi connectivity index (χ1n) is 7.11. The Bertz CT molecular complexity index is 631. The Balaban J connectivity index is 2.04. The summed E-state index contributed by atoms with van der Waals surface area (Å²) in [5.41, 5.74) is 3.89. The number of anilines is 1. The van der Waals surface area contributed by atoms with Gasteiger partial charge < -0.3 is 10.6 Å². The molecule has 5 heteroatoms. The standard InChI is InChI=1S/C16H22N4O/c1-11(2)20-10-13(9-19-20)8-18-15-6-5-14(7-12(15)3)16(21)17-4/h5-7,9-11,18H,8H2,1-4H3,(H,17,21). The molecular formula is C16H22N4O. The third kappa shape index (κ3) is 3.62. The lowest BCUT2D eigenvalue weighted by Gasteiger charge is -2.10. The topological polar surface area (TPSA) is 59.0 Å². The molecule has 0 saturated heterocycles. The van der Waals surface area contributed by atoms with Gasteiger partial charge in [-0.25, -0.2) is 0 Å². The third-order valence-electron chi connectivity index (χ3n) is 3.38. The number of nitrogens with zero attached hydrogens (tertiary/aromatic N) is 2. The highest BCUT2D eigenvalue weighted by molar-refractivity contribution is 5.94. The normalized spacial score (nSPS) is 10.7. The van der Waals surface area contributed by atoms with Crippen LogP contribution in [0.5, 0.6) is 0 Å². The van der Waals surface area contributed by atoms with Gasteiger partial charge >= 0.3 is 0 Å². The maximum atomic E-state index is 11.6. The van der Waals surface area contributed by atoms with E-state index in [1.807, 2.05) is 42.2 Å². The molecule has 0 saturated carbocycles. The van der Waals surface area contributed by atoms with Gasteiger partial charge in [0.15, 0.2) is 0 Å². The molecule has 1 heterocycles. The van der Waals surface area contributed by atoms with E-state index in [-0.39, 0.29) is 5.91 Å². The van der Waals surface area contributed by atoms with E-state index in [9.17, 15) is 4.79 Å². The first-order chi connectivity index (χ1) is 10.0. The number of amides is 1. The van der Waals surface area contributed by atoms with Gasteiger partial charge in [-0.3, -0.25) is 9.48 Å². The van der Waals surface area contributed by atoms with Gasteiger partial charge in [0.25, 0.3) is 5.91 Å². The van der Waals surface area contributed by atoms with E-state index in [1.54, 1.807) is 7.05 Å². The summed E-state index contributed by atoms with van der Waals surface area (Å²) in [5, 5.41) is 10.3. The van der Waals surface area contributed by atoms with Crippen molar-refractivity contribution in [3.63, 3.8) is 0 Å². The molecule has 21 heavy (non-hydrogen) atoms. The molecular weight excluding hydrogens is 264 g/mol. The molecule has 1 amide bonds. The molecule has 1 aromatic carbocycles. The Morgan fingerprint density at radius 3 is 2.71 bits per heavy atom. The van der Waals surface area contributed by atoms with Gasteiger partial charge in [0.05, 0.1) is 6.20 Å². The summed E-state index contributed by atoms with van der Waals surface area (Å²) in [6.45, 7) is 6.91. The highest BCUT2D eigenvalue weighted by Gasteiger charge is 2.06. The van der Waals surface area contributed by atoms with Crippen molar-refractivity contribution >= 4 is 11.6 Å². The van der Waals surface area contributed by atoms with Crippen LogP contribution in [0.3, 0.4) is 0 Å². The quantitative estimate of drug-likeness (QED) is 0.888. The number of carbonyl (C=O) groups excluding carboxylic acids is 1. The summed E-state index contributed by atoms with van der Waals surface area (Å²) < 4.78 is 1.94. The number of aromatic nitrogens is 2. The first kappa shape index (κ1) is 15.1. The molecule has 1 aromatic heterocycles. The fraction of sp³-hybridized carbons (Fsp3) is 0.375. The SMILES string of the molecule is CNC(=O)c1ccc(NCc2cnn(C(C)C)c2)c(C)c1. The van der Waals surface area contributed by atoms with Gasteiger partial charge in [0.1, 0.15) is 0 Å². The van der Waals surface area contributed by atoms with Crippen LogP contribution in [0, 0.1) is 6.92 Å². The molecule has 2 N–H and O–H groups in total. The van der Waals surface area contributed by atoms with Crippen LogP contribution in [0.25, 0.3) is 0 Å². The summed E-state index contributed by atoms with van der Waals surface area (Å²) in [5.74, 6) is -0.0668. The second-order valence-electron chi connectivity index (χ2n) is 5.38. The number of hydrogen-bond donors (Lipinski definition) is 2. The summed E-state index contributed by atoms with van der Waals surface area (Å²) in [4.78, 5) is 11.6. The van der Waals surface area contributed by atoms with Crippen LogP contribution in [0.15, 0.2) is 30.6 Å². The number of rotatable bonds is 5. The van der Waals surface area contributed by atoms with Crippen molar-refractivity contribution in [1.82, 2.24) is 15.1 Å². The van der Waals surface area contributed by atoms with Gasteiger partial charge in [-0.1, -0.05) is 0 Å². The zero-order valence-corrected chi connectivity index (χ0v) is 13.0. The van der Waals surface area contributed by atoms with Gasteiger partial charge in [-0.05, 0) is 44.5 Å². The van der Waals surface area contributed by atoms with E-state index < -0.39 is 0 Å². The highest BCUT2D eigenvalue weighted by Crippen LogP contribution is 2.17. The average molecular weight is 286 g/mol. The Morgan fingerprint density at radius 2 is 2.14 bits per heavy atom. The minimum atomic E-state index is -0.0668. The van der Waals surface area contributed by atoms with Gasteiger partial charge in [-0.15, -0.1) is 0 Å². The lowest BCUT2D eigenvalue weighted by atomic mass is 10.1. The summed E-state index contributed by atoms with van der Waals surface area (Å²) in [7, 11) is 1.64. The largest absolute Gasteiger partial charge is 0.381 e. The predicted octanol–water partition coefficient (Wildman–Crippen LogP) is 2.74. The Hall–Kier alpha value is -2.30. The zero-order valence-electron chi connectivity index (χ0n) is 13.0. The van der Waals surface area contributed by atoms with Crippen molar-refractivity contribution < 1.29 is 4.79 Å². The molecule has 0 aliphatic rings. The fourth-order valence-electron chi connectivity index (χ4n) is 2.10. The second kappa shape index (κ2) is 6.43. The monoisotopic (exact) mass is 286 g/mol. The minimum absolute atomic E-state index is 0.0668. The van der Waals surface area contributed by atoms with Crippen LogP contribution in [0.1, 0.15) is 41.4 Å². The number of benzene rings is 1. The molecule has 0 fully saturated rings. The second-order valence-corrected chi connectivity index (χ2v) is 5.38. The van der Waals surface area contributed by atoms with Crippen LogP contribution in [0.4, 0.5) is 5.69 Å². The Labute approximate surface area is 125 Å². The van der Waals surface area contributed by atoms with Crippen molar-refractivity contribution in [3.8, 4) is 0 Å². The molecule has 112 valence electrons. The lowest BCUT2D eigenvalue weighted by molar-refractivity contribution is 0.0963. The van der Waals surface area contributed by atoms with E-state index in [4.69, 9.17) is 0 Å². The van der Waals surface area contributed by atoms with E-state index in [0.29, 0.717) is 18.2 Å². The van der Waals surface area contributed by atoms with Crippen LogP contribution in [0.2, 0.25) is 0 Å². The molecule has 0 aliphatic heterocycles. The highest BCUT2D eigenvalue weighted by atomic mass is 16.1. The molecule has 2 aromatic rings. The lowest BCUT2D eigenvalue weighted by Crippen LogP contribution is -2.17. The van der Waals surface area contributed by atoms with Gasteiger partial charge in [-0.2, -0.15) is 5.10 Å². The minimum Gasteiger partial charge on any atom is -0.381 e. The van der Waals surface area contributed by atoms with Crippen molar-refractivity contribution in [1.29, 1.82) is 0 Å². The number of aryl methyl sites for hydroxylation is 1. The van der Waals surface area contributed by atoms with Crippen molar-refractivity contribution in [3.05, 3.63) is 47.3 Å². The fourth-order valence-corrected chi connectivity index (χ4v) is 2.10. The van der Waals surface area contributed by atoms with E-state index in [0.717, 1.165) is 16.8 Å². The first-order valence-corrected chi connectivity index (χ1v) is 7.11. The van der Waals surface area contributed by atoms with Crippen molar-refractivity contribution in [2.24, 2.45) is 0 Å².